The number of likely N-dealkylation sites (N-methyl/N-ethyl adjacent to an activating group) is 1. The summed E-state index contributed by atoms with van der Waals surface area (Å²) in [6, 6.07) is 5.97. The molecule has 0 radical (unpaired) electrons. The Kier molecular flexibility index (Phi) is 3.44. The van der Waals surface area contributed by atoms with Gasteiger partial charge in [-0.2, -0.15) is 0 Å². The maximum atomic E-state index is 11.3. The van der Waals surface area contributed by atoms with Crippen LogP contribution in [0.15, 0.2) is 24.5 Å². The summed E-state index contributed by atoms with van der Waals surface area (Å²) in [6.45, 7) is 4.95. The summed E-state index contributed by atoms with van der Waals surface area (Å²) >= 11 is 0. The number of aromatic nitrogens is 2. The summed E-state index contributed by atoms with van der Waals surface area (Å²) < 4.78 is 1.96. The van der Waals surface area contributed by atoms with Crippen LogP contribution in [0.25, 0.3) is 11.0 Å². The van der Waals surface area contributed by atoms with E-state index in [9.17, 15) is 9.90 Å². The molecule has 5 heteroatoms. The van der Waals surface area contributed by atoms with E-state index in [1.165, 1.54) is 12.8 Å². The molecule has 1 N–H and O–H groups in total. The summed E-state index contributed by atoms with van der Waals surface area (Å²) in [7, 11) is 0. The lowest BCUT2D eigenvalue weighted by molar-refractivity contribution is 0.0698. The van der Waals surface area contributed by atoms with Crippen molar-refractivity contribution in [1.82, 2.24) is 14.5 Å². The molecule has 0 atom stereocenters. The highest BCUT2D eigenvalue weighted by atomic mass is 16.4. The van der Waals surface area contributed by atoms with Crippen LogP contribution in [0.4, 0.5) is 0 Å². The molecule has 0 aliphatic heterocycles. The first-order valence-corrected chi connectivity index (χ1v) is 7.12. The summed E-state index contributed by atoms with van der Waals surface area (Å²) in [4.78, 5) is 18.1. The molecule has 106 valence electrons. The van der Waals surface area contributed by atoms with Crippen molar-refractivity contribution in [1.29, 1.82) is 0 Å². The highest BCUT2D eigenvalue weighted by molar-refractivity contribution is 6.01. The number of hydrogen-bond donors (Lipinski definition) is 1. The molecule has 20 heavy (non-hydrogen) atoms. The monoisotopic (exact) mass is 273 g/mol. The molecule has 1 fully saturated rings. The normalized spacial score (nSPS) is 15.1. The van der Waals surface area contributed by atoms with Crippen LogP contribution in [-0.2, 0) is 6.54 Å². The molecule has 0 amide bonds. The Bertz CT molecular complexity index is 631. The average Bonchev–Trinajstić information content (AvgIpc) is 3.20. The number of benzene rings is 1. The van der Waals surface area contributed by atoms with Gasteiger partial charge in [-0.1, -0.05) is 13.0 Å². The van der Waals surface area contributed by atoms with Gasteiger partial charge in [0.05, 0.1) is 22.9 Å². The highest BCUT2D eigenvalue weighted by Gasteiger charge is 2.27. The second kappa shape index (κ2) is 5.25. The Hall–Kier alpha value is -1.88. The lowest BCUT2D eigenvalue weighted by atomic mass is 10.2. The van der Waals surface area contributed by atoms with Gasteiger partial charge in [0.15, 0.2) is 0 Å². The van der Waals surface area contributed by atoms with E-state index in [1.807, 2.05) is 10.6 Å². The molecular formula is C15H19N3O2. The first-order chi connectivity index (χ1) is 9.70. The standard InChI is InChI=1S/C15H19N3O2/c1-2-17(11-6-7-11)8-9-18-10-16-13-5-3-4-12(14(13)18)15(19)20/h3-5,10-11H,2,6-9H2,1H3,(H,19,20). The Labute approximate surface area is 117 Å². The number of aromatic carboxylic acids is 1. The maximum absolute atomic E-state index is 11.3. The van der Waals surface area contributed by atoms with Gasteiger partial charge >= 0.3 is 5.97 Å². The minimum Gasteiger partial charge on any atom is -0.478 e. The van der Waals surface area contributed by atoms with Gasteiger partial charge in [-0.3, -0.25) is 4.90 Å². The van der Waals surface area contributed by atoms with Gasteiger partial charge in [-0.05, 0) is 31.5 Å². The van der Waals surface area contributed by atoms with Crippen molar-refractivity contribution in [3.63, 3.8) is 0 Å². The van der Waals surface area contributed by atoms with E-state index in [0.29, 0.717) is 5.56 Å². The minimum atomic E-state index is -0.896. The zero-order valence-electron chi connectivity index (χ0n) is 11.6. The van der Waals surface area contributed by atoms with Crippen LogP contribution in [0, 0.1) is 0 Å². The molecular weight excluding hydrogens is 254 g/mol. The van der Waals surface area contributed by atoms with Gasteiger partial charge in [0, 0.05) is 19.1 Å². The fourth-order valence-electron chi connectivity index (χ4n) is 2.74. The molecule has 0 bridgehead atoms. The lowest BCUT2D eigenvalue weighted by Gasteiger charge is -2.20. The van der Waals surface area contributed by atoms with E-state index in [4.69, 9.17) is 0 Å². The topological polar surface area (TPSA) is 58.4 Å². The van der Waals surface area contributed by atoms with Crippen molar-refractivity contribution in [2.75, 3.05) is 13.1 Å². The van der Waals surface area contributed by atoms with Gasteiger partial charge < -0.3 is 9.67 Å². The van der Waals surface area contributed by atoms with Crippen LogP contribution in [0.3, 0.4) is 0 Å². The smallest absolute Gasteiger partial charge is 0.337 e. The van der Waals surface area contributed by atoms with Crippen molar-refractivity contribution < 1.29 is 9.90 Å². The van der Waals surface area contributed by atoms with Gasteiger partial charge in [-0.25, -0.2) is 9.78 Å². The number of carbonyl (C=O) groups is 1. The Morgan fingerprint density at radius 2 is 2.30 bits per heavy atom. The van der Waals surface area contributed by atoms with Crippen LogP contribution in [0.1, 0.15) is 30.1 Å². The predicted octanol–water partition coefficient (Wildman–Crippen LogP) is 2.22. The summed E-state index contributed by atoms with van der Waals surface area (Å²) in [5.74, 6) is -0.896. The third-order valence-corrected chi connectivity index (χ3v) is 3.97. The Morgan fingerprint density at radius 3 is 2.95 bits per heavy atom. The summed E-state index contributed by atoms with van der Waals surface area (Å²) in [5.41, 5.74) is 1.81. The zero-order valence-corrected chi connectivity index (χ0v) is 11.6. The minimum absolute atomic E-state index is 0.328. The molecule has 0 saturated heterocycles. The fraction of sp³-hybridized carbons (Fsp3) is 0.467. The van der Waals surface area contributed by atoms with E-state index < -0.39 is 5.97 Å². The molecule has 2 aromatic rings. The van der Waals surface area contributed by atoms with Crippen molar-refractivity contribution in [3.05, 3.63) is 30.1 Å². The van der Waals surface area contributed by atoms with Crippen LogP contribution < -0.4 is 0 Å². The summed E-state index contributed by atoms with van der Waals surface area (Å²) in [6.07, 6.45) is 4.33. The van der Waals surface area contributed by atoms with Crippen LogP contribution in [0.5, 0.6) is 0 Å². The van der Waals surface area contributed by atoms with Gasteiger partial charge in [0.1, 0.15) is 0 Å². The number of para-hydroxylation sites is 1. The van der Waals surface area contributed by atoms with Crippen molar-refractivity contribution in [2.45, 2.75) is 32.4 Å². The number of fused-ring (bicyclic) bond motifs is 1. The maximum Gasteiger partial charge on any atom is 0.337 e. The van der Waals surface area contributed by atoms with Crippen LogP contribution >= 0.6 is 0 Å². The predicted molar refractivity (Wildman–Crippen MR) is 77.0 cm³/mol. The number of nitrogens with zero attached hydrogens (tertiary/aromatic N) is 3. The van der Waals surface area contributed by atoms with E-state index in [-0.39, 0.29) is 0 Å². The third kappa shape index (κ3) is 2.41. The molecule has 1 saturated carbocycles. The highest BCUT2D eigenvalue weighted by Crippen LogP contribution is 2.26. The van der Waals surface area contributed by atoms with Gasteiger partial charge in [-0.15, -0.1) is 0 Å². The number of carboxylic acids is 1. The fourth-order valence-corrected chi connectivity index (χ4v) is 2.74. The molecule has 0 spiro atoms. The second-order valence-electron chi connectivity index (χ2n) is 5.28. The molecule has 1 aromatic heterocycles. The van der Waals surface area contributed by atoms with Crippen molar-refractivity contribution in [2.24, 2.45) is 0 Å². The Balaban J connectivity index is 1.85. The Morgan fingerprint density at radius 1 is 1.50 bits per heavy atom. The molecule has 1 aromatic carbocycles. The van der Waals surface area contributed by atoms with Crippen LogP contribution in [0.2, 0.25) is 0 Å². The van der Waals surface area contributed by atoms with Gasteiger partial charge in [0.25, 0.3) is 0 Å². The largest absolute Gasteiger partial charge is 0.478 e. The number of imidazole rings is 1. The quantitative estimate of drug-likeness (QED) is 0.876. The lowest BCUT2D eigenvalue weighted by Crippen LogP contribution is -2.29. The third-order valence-electron chi connectivity index (χ3n) is 3.97. The second-order valence-corrected chi connectivity index (χ2v) is 5.28. The van der Waals surface area contributed by atoms with E-state index in [0.717, 1.165) is 36.7 Å². The molecule has 5 nitrogen and oxygen atoms in total. The van der Waals surface area contributed by atoms with Crippen molar-refractivity contribution >= 4 is 17.0 Å². The number of hydrogen-bond acceptors (Lipinski definition) is 3. The first kappa shape index (κ1) is 13.1. The van der Waals surface area contributed by atoms with E-state index in [1.54, 1.807) is 18.5 Å². The first-order valence-electron chi connectivity index (χ1n) is 7.12. The molecule has 0 unspecified atom stereocenters. The van der Waals surface area contributed by atoms with E-state index >= 15 is 0 Å². The van der Waals surface area contributed by atoms with E-state index in [2.05, 4.69) is 16.8 Å². The molecule has 1 aliphatic rings. The average molecular weight is 273 g/mol. The van der Waals surface area contributed by atoms with Gasteiger partial charge in [0.2, 0.25) is 0 Å². The van der Waals surface area contributed by atoms with Crippen molar-refractivity contribution in [3.8, 4) is 0 Å². The number of carboxylic acid groups (broad SMARTS) is 1. The van der Waals surface area contributed by atoms with Crippen LogP contribution in [-0.4, -0.2) is 44.7 Å². The number of rotatable bonds is 6. The molecule has 1 heterocycles. The molecule has 3 rings (SSSR count). The SMILES string of the molecule is CCN(CCn1cnc2cccc(C(=O)O)c21)C1CC1. The summed E-state index contributed by atoms with van der Waals surface area (Å²) in [5, 5.41) is 9.30. The molecule has 1 aliphatic carbocycles. The zero-order chi connectivity index (χ0) is 14.1.